The van der Waals surface area contributed by atoms with Crippen LogP contribution in [0, 0.1) is 0 Å². The highest BCUT2D eigenvalue weighted by Crippen LogP contribution is 2.09. The normalized spacial score (nSPS) is 14.1. The number of rotatable bonds is 5. The quantitative estimate of drug-likeness (QED) is 0.360. The predicted molar refractivity (Wildman–Crippen MR) is 49.1 cm³/mol. The van der Waals surface area contributed by atoms with Crippen LogP contribution in [-0.2, 0) is 9.22 Å². The second kappa shape index (κ2) is 4.46. The SMILES string of the molecule is C=C[C@@H](CC=O)O[Si](C)(C)C. The Labute approximate surface area is 69.4 Å². The van der Waals surface area contributed by atoms with E-state index in [9.17, 15) is 4.79 Å². The van der Waals surface area contributed by atoms with Crippen LogP contribution >= 0.6 is 0 Å². The van der Waals surface area contributed by atoms with Crippen LogP contribution in [0.2, 0.25) is 19.6 Å². The van der Waals surface area contributed by atoms with E-state index < -0.39 is 8.32 Å². The molecule has 0 aliphatic carbocycles. The van der Waals surface area contributed by atoms with Gasteiger partial charge in [-0.05, 0) is 19.6 Å². The lowest BCUT2D eigenvalue weighted by Gasteiger charge is -2.22. The molecule has 0 saturated heterocycles. The average molecular weight is 172 g/mol. The summed E-state index contributed by atoms with van der Waals surface area (Å²) in [4.78, 5) is 10.1. The van der Waals surface area contributed by atoms with E-state index in [0.717, 1.165) is 6.29 Å². The van der Waals surface area contributed by atoms with Gasteiger partial charge in [0.25, 0.3) is 0 Å². The molecule has 0 N–H and O–H groups in total. The monoisotopic (exact) mass is 172 g/mol. The van der Waals surface area contributed by atoms with Gasteiger partial charge in [-0.15, -0.1) is 6.58 Å². The lowest BCUT2D eigenvalue weighted by molar-refractivity contribution is -0.108. The maximum Gasteiger partial charge on any atom is 0.184 e. The Morgan fingerprint density at radius 3 is 2.36 bits per heavy atom. The first-order chi connectivity index (χ1) is 4.99. The molecule has 0 radical (unpaired) electrons. The van der Waals surface area contributed by atoms with E-state index in [2.05, 4.69) is 26.2 Å². The van der Waals surface area contributed by atoms with E-state index in [1.165, 1.54) is 0 Å². The Morgan fingerprint density at radius 1 is 1.55 bits per heavy atom. The van der Waals surface area contributed by atoms with Crippen LogP contribution < -0.4 is 0 Å². The zero-order chi connectivity index (χ0) is 8.91. The van der Waals surface area contributed by atoms with Crippen LogP contribution in [0.15, 0.2) is 12.7 Å². The van der Waals surface area contributed by atoms with Crippen molar-refractivity contribution in [2.75, 3.05) is 0 Å². The summed E-state index contributed by atoms with van der Waals surface area (Å²) in [6.45, 7) is 9.88. The molecule has 0 aromatic rings. The van der Waals surface area contributed by atoms with Crippen molar-refractivity contribution in [3.8, 4) is 0 Å². The predicted octanol–water partition coefficient (Wildman–Crippen LogP) is 1.98. The molecule has 0 saturated carbocycles. The van der Waals surface area contributed by atoms with Gasteiger partial charge < -0.3 is 9.22 Å². The third kappa shape index (κ3) is 6.00. The summed E-state index contributed by atoms with van der Waals surface area (Å²) in [6.07, 6.45) is 2.89. The summed E-state index contributed by atoms with van der Waals surface area (Å²) in [6, 6.07) is 0. The molecule has 0 bridgehead atoms. The third-order valence-electron chi connectivity index (χ3n) is 1.10. The van der Waals surface area contributed by atoms with Crippen LogP contribution in [0.5, 0.6) is 0 Å². The molecule has 0 spiro atoms. The number of carbonyl (C=O) groups excluding carboxylic acids is 1. The molecule has 1 atom stereocenters. The van der Waals surface area contributed by atoms with Crippen molar-refractivity contribution >= 4 is 14.6 Å². The fourth-order valence-corrected chi connectivity index (χ4v) is 1.84. The summed E-state index contributed by atoms with van der Waals surface area (Å²) < 4.78 is 5.62. The highest BCUT2D eigenvalue weighted by Gasteiger charge is 2.18. The van der Waals surface area contributed by atoms with Crippen molar-refractivity contribution in [3.05, 3.63) is 12.7 Å². The van der Waals surface area contributed by atoms with Crippen molar-refractivity contribution in [1.29, 1.82) is 0 Å². The Balaban J connectivity index is 3.87. The lowest BCUT2D eigenvalue weighted by atomic mass is 10.3. The van der Waals surface area contributed by atoms with E-state index in [1.807, 2.05) is 0 Å². The molecular formula is C8H16O2Si. The molecule has 0 aliphatic heterocycles. The fraction of sp³-hybridized carbons (Fsp3) is 0.625. The van der Waals surface area contributed by atoms with Crippen LogP contribution in [0.1, 0.15) is 6.42 Å². The zero-order valence-corrected chi connectivity index (χ0v) is 8.46. The number of aldehydes is 1. The summed E-state index contributed by atoms with van der Waals surface area (Å²) in [7, 11) is -1.51. The van der Waals surface area contributed by atoms with Gasteiger partial charge >= 0.3 is 0 Å². The van der Waals surface area contributed by atoms with Gasteiger partial charge in [0.2, 0.25) is 0 Å². The molecule has 0 rings (SSSR count). The van der Waals surface area contributed by atoms with Gasteiger partial charge in [-0.25, -0.2) is 0 Å². The van der Waals surface area contributed by atoms with Crippen molar-refractivity contribution in [3.63, 3.8) is 0 Å². The highest BCUT2D eigenvalue weighted by molar-refractivity contribution is 6.69. The van der Waals surface area contributed by atoms with Gasteiger partial charge in [0.15, 0.2) is 8.32 Å². The van der Waals surface area contributed by atoms with E-state index in [4.69, 9.17) is 4.43 Å². The number of hydrogen-bond acceptors (Lipinski definition) is 2. The second-order valence-corrected chi connectivity index (χ2v) is 7.87. The maximum absolute atomic E-state index is 10.1. The standard InChI is InChI=1S/C8H16O2Si/c1-5-8(6-7-9)10-11(2,3)4/h5,7-8H,1,6H2,2-4H3/t8-/m0/s1. The van der Waals surface area contributed by atoms with E-state index in [-0.39, 0.29) is 6.10 Å². The zero-order valence-electron chi connectivity index (χ0n) is 7.46. The number of carbonyl (C=O) groups is 1. The Hall–Kier alpha value is -0.413. The first-order valence-corrected chi connectivity index (χ1v) is 7.14. The summed E-state index contributed by atoms with van der Waals surface area (Å²) in [5.41, 5.74) is 0. The molecule has 0 fully saturated rings. The molecule has 0 amide bonds. The van der Waals surface area contributed by atoms with Crippen molar-refractivity contribution in [1.82, 2.24) is 0 Å². The Bertz CT molecular complexity index is 138. The van der Waals surface area contributed by atoms with Gasteiger partial charge in [0, 0.05) is 6.42 Å². The molecule has 11 heavy (non-hydrogen) atoms. The van der Waals surface area contributed by atoms with Crippen LogP contribution in [-0.4, -0.2) is 20.7 Å². The Kier molecular flexibility index (Phi) is 4.29. The molecule has 0 aromatic carbocycles. The largest absolute Gasteiger partial charge is 0.411 e. The average Bonchev–Trinajstić information content (AvgIpc) is 1.84. The smallest absolute Gasteiger partial charge is 0.184 e. The summed E-state index contributed by atoms with van der Waals surface area (Å²) in [5.74, 6) is 0. The molecule has 2 nitrogen and oxygen atoms in total. The molecule has 0 unspecified atom stereocenters. The van der Waals surface area contributed by atoms with E-state index in [0.29, 0.717) is 6.42 Å². The molecule has 64 valence electrons. The minimum absolute atomic E-state index is 0.0841. The topological polar surface area (TPSA) is 26.3 Å². The van der Waals surface area contributed by atoms with Crippen LogP contribution in [0.4, 0.5) is 0 Å². The van der Waals surface area contributed by atoms with Crippen molar-refractivity contribution in [2.45, 2.75) is 32.2 Å². The summed E-state index contributed by atoms with van der Waals surface area (Å²) >= 11 is 0. The minimum Gasteiger partial charge on any atom is -0.411 e. The van der Waals surface area contributed by atoms with Crippen molar-refractivity contribution < 1.29 is 9.22 Å². The first-order valence-electron chi connectivity index (χ1n) is 3.73. The lowest BCUT2D eigenvalue weighted by Crippen LogP contribution is -2.31. The first kappa shape index (κ1) is 10.6. The molecule has 0 aromatic heterocycles. The molecule has 0 aliphatic rings. The summed E-state index contributed by atoms with van der Waals surface area (Å²) in [5, 5.41) is 0. The molecular weight excluding hydrogens is 156 g/mol. The third-order valence-corrected chi connectivity index (χ3v) is 2.11. The van der Waals surface area contributed by atoms with Gasteiger partial charge in [-0.1, -0.05) is 6.08 Å². The van der Waals surface area contributed by atoms with Gasteiger partial charge in [-0.3, -0.25) is 0 Å². The van der Waals surface area contributed by atoms with Crippen LogP contribution in [0.25, 0.3) is 0 Å². The fourth-order valence-electron chi connectivity index (χ4n) is 0.741. The maximum atomic E-state index is 10.1. The molecule has 3 heteroatoms. The van der Waals surface area contributed by atoms with Gasteiger partial charge in [0.05, 0.1) is 6.10 Å². The molecule has 0 heterocycles. The second-order valence-electron chi connectivity index (χ2n) is 3.41. The Morgan fingerprint density at radius 2 is 2.09 bits per heavy atom. The van der Waals surface area contributed by atoms with E-state index >= 15 is 0 Å². The number of hydrogen-bond donors (Lipinski definition) is 0. The van der Waals surface area contributed by atoms with Gasteiger partial charge in [0.1, 0.15) is 6.29 Å². The van der Waals surface area contributed by atoms with Crippen molar-refractivity contribution in [2.24, 2.45) is 0 Å². The van der Waals surface area contributed by atoms with E-state index in [1.54, 1.807) is 6.08 Å². The van der Waals surface area contributed by atoms with Gasteiger partial charge in [-0.2, -0.15) is 0 Å². The highest BCUT2D eigenvalue weighted by atomic mass is 28.4. The minimum atomic E-state index is -1.51. The van der Waals surface area contributed by atoms with Crippen LogP contribution in [0.3, 0.4) is 0 Å².